The second kappa shape index (κ2) is 7.41. The summed E-state index contributed by atoms with van der Waals surface area (Å²) in [6, 6.07) is 2.95. The zero-order chi connectivity index (χ0) is 15.2. The lowest BCUT2D eigenvalue weighted by atomic mass is 10.4. The molecule has 0 radical (unpaired) electrons. The van der Waals surface area contributed by atoms with Crippen molar-refractivity contribution in [3.8, 4) is 0 Å². The van der Waals surface area contributed by atoms with Gasteiger partial charge in [0, 0.05) is 13.1 Å². The molecule has 20 heavy (non-hydrogen) atoms. The van der Waals surface area contributed by atoms with Crippen molar-refractivity contribution in [2.45, 2.75) is 25.5 Å². The van der Waals surface area contributed by atoms with Crippen molar-refractivity contribution < 1.29 is 17.6 Å². The van der Waals surface area contributed by atoms with Gasteiger partial charge in [-0.2, -0.15) is 0 Å². The number of carbonyl (C=O) groups is 1. The van der Waals surface area contributed by atoms with E-state index in [0.29, 0.717) is 25.4 Å². The van der Waals surface area contributed by atoms with Gasteiger partial charge >= 0.3 is 0 Å². The van der Waals surface area contributed by atoms with E-state index in [1.54, 1.807) is 11.0 Å². The fourth-order valence-electron chi connectivity index (χ4n) is 1.68. The molecular formula is C12H21N3O4S. The number of rotatable bonds is 8. The van der Waals surface area contributed by atoms with Gasteiger partial charge in [0.25, 0.3) is 10.0 Å². The molecule has 0 bridgehead atoms. The fourth-order valence-corrected chi connectivity index (χ4v) is 2.34. The van der Waals surface area contributed by atoms with Crippen LogP contribution in [0.1, 0.15) is 19.6 Å². The first-order chi connectivity index (χ1) is 9.44. The maximum atomic E-state index is 11.7. The van der Waals surface area contributed by atoms with Gasteiger partial charge in [-0.15, -0.1) is 0 Å². The third-order valence-corrected chi connectivity index (χ3v) is 4.15. The Labute approximate surface area is 119 Å². The minimum atomic E-state index is -3.56. The molecule has 7 nitrogen and oxygen atoms in total. The van der Waals surface area contributed by atoms with E-state index in [1.165, 1.54) is 13.1 Å². The number of sulfonamides is 1. The summed E-state index contributed by atoms with van der Waals surface area (Å²) in [6.45, 7) is 5.67. The number of hydrogen-bond acceptors (Lipinski definition) is 5. The Morgan fingerprint density at radius 1 is 1.30 bits per heavy atom. The maximum absolute atomic E-state index is 11.7. The molecule has 0 fully saturated rings. The van der Waals surface area contributed by atoms with Crippen LogP contribution in [-0.2, 0) is 21.4 Å². The number of hydrogen-bond donors (Lipinski definition) is 2. The van der Waals surface area contributed by atoms with E-state index in [0.717, 1.165) is 0 Å². The van der Waals surface area contributed by atoms with Gasteiger partial charge in [-0.1, -0.05) is 0 Å². The summed E-state index contributed by atoms with van der Waals surface area (Å²) >= 11 is 0. The summed E-state index contributed by atoms with van der Waals surface area (Å²) < 4.78 is 30.3. The molecule has 0 aliphatic carbocycles. The molecule has 0 saturated heterocycles. The normalized spacial score (nSPS) is 11.6. The average molecular weight is 303 g/mol. The second-order valence-electron chi connectivity index (χ2n) is 4.10. The second-order valence-corrected chi connectivity index (χ2v) is 5.92. The summed E-state index contributed by atoms with van der Waals surface area (Å²) in [5, 5.41) is 2.80. The summed E-state index contributed by atoms with van der Waals surface area (Å²) in [6.07, 6.45) is 0. The zero-order valence-corrected chi connectivity index (χ0v) is 12.8. The van der Waals surface area contributed by atoms with Crippen LogP contribution in [0.15, 0.2) is 21.6 Å². The van der Waals surface area contributed by atoms with E-state index in [2.05, 4.69) is 10.0 Å². The van der Waals surface area contributed by atoms with E-state index in [1.807, 2.05) is 13.8 Å². The van der Waals surface area contributed by atoms with Gasteiger partial charge in [0.1, 0.15) is 5.76 Å². The predicted molar refractivity (Wildman–Crippen MR) is 74.6 cm³/mol. The van der Waals surface area contributed by atoms with Crippen molar-refractivity contribution in [2.75, 3.05) is 26.7 Å². The Hall–Kier alpha value is -1.38. The van der Waals surface area contributed by atoms with Crippen LogP contribution >= 0.6 is 0 Å². The monoisotopic (exact) mass is 303 g/mol. The molecule has 114 valence electrons. The highest BCUT2D eigenvalue weighted by molar-refractivity contribution is 7.89. The molecule has 1 aromatic rings. The highest BCUT2D eigenvalue weighted by Gasteiger charge is 2.16. The quantitative estimate of drug-likeness (QED) is 0.713. The van der Waals surface area contributed by atoms with E-state index < -0.39 is 10.0 Å². The summed E-state index contributed by atoms with van der Waals surface area (Å²) in [7, 11) is -2.24. The molecule has 1 aromatic heterocycles. The molecule has 0 aromatic carbocycles. The molecule has 0 unspecified atom stereocenters. The molecule has 0 saturated carbocycles. The Kier molecular flexibility index (Phi) is 6.18. The maximum Gasteiger partial charge on any atom is 0.273 e. The van der Waals surface area contributed by atoms with Crippen LogP contribution in [0.25, 0.3) is 0 Å². The Morgan fingerprint density at radius 2 is 1.95 bits per heavy atom. The van der Waals surface area contributed by atoms with Crippen molar-refractivity contribution in [1.29, 1.82) is 0 Å². The van der Waals surface area contributed by atoms with Crippen LogP contribution in [0.4, 0.5) is 0 Å². The lowest BCUT2D eigenvalue weighted by molar-refractivity contribution is -0.129. The van der Waals surface area contributed by atoms with Gasteiger partial charge in [-0.05, 0) is 33.0 Å². The lowest BCUT2D eigenvalue weighted by Crippen LogP contribution is -2.37. The van der Waals surface area contributed by atoms with Crippen LogP contribution in [-0.4, -0.2) is 45.9 Å². The number of furan rings is 1. The minimum absolute atomic E-state index is 0.00428. The molecule has 1 heterocycles. The number of nitrogens with zero attached hydrogens (tertiary/aromatic N) is 1. The molecule has 8 heteroatoms. The highest BCUT2D eigenvalue weighted by atomic mass is 32.2. The zero-order valence-electron chi connectivity index (χ0n) is 12.0. The molecular weight excluding hydrogens is 282 g/mol. The number of amides is 1. The first-order valence-electron chi connectivity index (χ1n) is 6.45. The van der Waals surface area contributed by atoms with Gasteiger partial charge in [0.05, 0.1) is 13.1 Å². The smallest absolute Gasteiger partial charge is 0.273 e. The fraction of sp³-hybridized carbons (Fsp3) is 0.583. The van der Waals surface area contributed by atoms with Crippen molar-refractivity contribution >= 4 is 15.9 Å². The first kappa shape index (κ1) is 16.7. The van der Waals surface area contributed by atoms with Crippen LogP contribution in [0.3, 0.4) is 0 Å². The molecule has 1 rings (SSSR count). The van der Waals surface area contributed by atoms with Gasteiger partial charge in [0.15, 0.2) is 0 Å². The third-order valence-electron chi connectivity index (χ3n) is 2.86. The Bertz CT molecular complexity index is 535. The number of nitrogens with one attached hydrogen (secondary N) is 2. The van der Waals surface area contributed by atoms with Crippen LogP contribution in [0, 0.1) is 0 Å². The number of likely N-dealkylation sites (N-methyl/N-ethyl adjacent to an activating group) is 1. The average Bonchev–Trinajstić information content (AvgIpc) is 2.90. The topological polar surface area (TPSA) is 91.7 Å². The largest absolute Gasteiger partial charge is 0.447 e. The van der Waals surface area contributed by atoms with E-state index >= 15 is 0 Å². The summed E-state index contributed by atoms with van der Waals surface area (Å²) in [5.41, 5.74) is 0. The molecule has 0 atom stereocenters. The molecule has 1 amide bonds. The minimum Gasteiger partial charge on any atom is -0.447 e. The number of carbonyl (C=O) groups excluding carboxylic acids is 1. The van der Waals surface area contributed by atoms with Crippen molar-refractivity contribution in [2.24, 2.45) is 0 Å². The van der Waals surface area contributed by atoms with Gasteiger partial charge < -0.3 is 14.6 Å². The SMILES string of the molecule is CCN(CC)C(=O)CNCc1ccc(S(=O)(=O)NC)o1. The molecule has 2 N–H and O–H groups in total. The molecule has 0 spiro atoms. The van der Waals surface area contributed by atoms with Gasteiger partial charge in [-0.3, -0.25) is 4.79 Å². The highest BCUT2D eigenvalue weighted by Crippen LogP contribution is 2.12. The predicted octanol–water partition coefficient (Wildman–Crippen LogP) is 0.146. The van der Waals surface area contributed by atoms with Gasteiger partial charge in [-0.25, -0.2) is 13.1 Å². The van der Waals surface area contributed by atoms with Crippen LogP contribution < -0.4 is 10.0 Å². The van der Waals surface area contributed by atoms with E-state index in [-0.39, 0.29) is 17.5 Å². The van der Waals surface area contributed by atoms with Crippen molar-refractivity contribution in [3.63, 3.8) is 0 Å². The van der Waals surface area contributed by atoms with Crippen molar-refractivity contribution in [1.82, 2.24) is 14.9 Å². The summed E-state index contributed by atoms with van der Waals surface area (Å²) in [5.74, 6) is 0.468. The van der Waals surface area contributed by atoms with Gasteiger partial charge in [0.2, 0.25) is 11.0 Å². The Balaban J connectivity index is 2.50. The summed E-state index contributed by atoms with van der Waals surface area (Å²) in [4.78, 5) is 13.4. The van der Waals surface area contributed by atoms with Crippen LogP contribution in [0.2, 0.25) is 0 Å². The standard InChI is InChI=1S/C12H21N3O4S/c1-4-15(5-2)11(16)9-14-8-10-6-7-12(19-10)20(17,18)13-3/h6-7,13-14H,4-5,8-9H2,1-3H3. The van der Waals surface area contributed by atoms with Crippen LogP contribution in [0.5, 0.6) is 0 Å². The third kappa shape index (κ3) is 4.32. The van der Waals surface area contributed by atoms with E-state index in [9.17, 15) is 13.2 Å². The van der Waals surface area contributed by atoms with E-state index in [4.69, 9.17) is 4.42 Å². The first-order valence-corrected chi connectivity index (χ1v) is 7.93. The lowest BCUT2D eigenvalue weighted by Gasteiger charge is -2.18. The molecule has 0 aliphatic rings. The Morgan fingerprint density at radius 3 is 2.50 bits per heavy atom. The molecule has 0 aliphatic heterocycles. The van der Waals surface area contributed by atoms with Crippen molar-refractivity contribution in [3.05, 3.63) is 17.9 Å².